The number of hydrogen-bond donors (Lipinski definition) is 2. The van der Waals surface area contributed by atoms with Crippen LogP contribution in [0.3, 0.4) is 0 Å². The van der Waals surface area contributed by atoms with Gasteiger partial charge in [0.2, 0.25) is 0 Å². The van der Waals surface area contributed by atoms with Crippen LogP contribution in [-0.2, 0) is 17.9 Å². The lowest BCUT2D eigenvalue weighted by molar-refractivity contribution is 0.139. The number of carbonyl (C=O) groups excluding carboxylic acids is 1. The Kier molecular flexibility index (Phi) is 4.34. The molecular weight excluding hydrogens is 242 g/mol. The largest absolute Gasteiger partial charge is 0.445 e. The number of nitrogens with one attached hydrogen (secondary N) is 1. The van der Waals surface area contributed by atoms with E-state index in [4.69, 9.17) is 10.5 Å². The number of alkyl carbamates (subject to hydrolysis) is 1. The zero-order valence-corrected chi connectivity index (χ0v) is 10.4. The highest BCUT2D eigenvalue weighted by Crippen LogP contribution is 2.06. The predicted molar refractivity (Wildman–Crippen MR) is 72.1 cm³/mol. The van der Waals surface area contributed by atoms with E-state index in [2.05, 4.69) is 10.3 Å². The van der Waals surface area contributed by atoms with E-state index in [0.29, 0.717) is 12.2 Å². The lowest BCUT2D eigenvalue weighted by Gasteiger charge is -2.07. The average Bonchev–Trinajstić information content (AvgIpc) is 2.45. The van der Waals surface area contributed by atoms with Crippen molar-refractivity contribution in [1.82, 2.24) is 10.3 Å². The Morgan fingerprint density at radius 3 is 2.68 bits per heavy atom. The Labute approximate surface area is 111 Å². The zero-order valence-electron chi connectivity index (χ0n) is 10.4. The molecule has 1 amide bonds. The normalized spacial score (nSPS) is 9.89. The lowest BCUT2D eigenvalue weighted by Crippen LogP contribution is -2.23. The minimum absolute atomic E-state index is 0.221. The number of carbonyl (C=O) groups is 1. The molecule has 0 aliphatic rings. The molecule has 0 unspecified atom stereocenters. The summed E-state index contributed by atoms with van der Waals surface area (Å²) in [5.41, 5.74) is 8.07. The molecule has 19 heavy (non-hydrogen) atoms. The van der Waals surface area contributed by atoms with Crippen LogP contribution in [-0.4, -0.2) is 11.1 Å². The second-order valence-corrected chi connectivity index (χ2v) is 4.03. The van der Waals surface area contributed by atoms with Crippen molar-refractivity contribution in [2.24, 2.45) is 0 Å². The maximum Gasteiger partial charge on any atom is 0.407 e. The smallest absolute Gasteiger partial charge is 0.407 e. The Morgan fingerprint density at radius 1 is 1.21 bits per heavy atom. The molecule has 3 N–H and O–H groups in total. The number of aromatic nitrogens is 1. The van der Waals surface area contributed by atoms with Gasteiger partial charge in [0, 0.05) is 24.6 Å². The molecule has 2 aromatic rings. The molecule has 0 bridgehead atoms. The SMILES string of the molecule is Nc1ccc(COC(=O)NCc2cccnc2)cc1. The summed E-state index contributed by atoms with van der Waals surface area (Å²) < 4.78 is 5.08. The van der Waals surface area contributed by atoms with Crippen molar-refractivity contribution < 1.29 is 9.53 Å². The monoisotopic (exact) mass is 257 g/mol. The quantitative estimate of drug-likeness (QED) is 0.822. The van der Waals surface area contributed by atoms with Gasteiger partial charge in [0.05, 0.1) is 0 Å². The van der Waals surface area contributed by atoms with Crippen LogP contribution >= 0.6 is 0 Å². The number of benzene rings is 1. The number of amides is 1. The van der Waals surface area contributed by atoms with Gasteiger partial charge in [-0.3, -0.25) is 4.98 Å². The second-order valence-electron chi connectivity index (χ2n) is 4.03. The number of nitrogens with two attached hydrogens (primary N) is 1. The first-order chi connectivity index (χ1) is 9.24. The van der Waals surface area contributed by atoms with Crippen molar-refractivity contribution in [3.63, 3.8) is 0 Å². The molecule has 2 rings (SSSR count). The van der Waals surface area contributed by atoms with Gasteiger partial charge < -0.3 is 15.8 Å². The number of pyridine rings is 1. The molecule has 0 atom stereocenters. The minimum Gasteiger partial charge on any atom is -0.445 e. The summed E-state index contributed by atoms with van der Waals surface area (Å²) in [5.74, 6) is 0. The lowest BCUT2D eigenvalue weighted by atomic mass is 10.2. The third kappa shape index (κ3) is 4.31. The summed E-state index contributed by atoms with van der Waals surface area (Å²) in [7, 11) is 0. The fraction of sp³-hybridized carbons (Fsp3) is 0.143. The van der Waals surface area contributed by atoms with E-state index in [1.165, 1.54) is 0 Å². The van der Waals surface area contributed by atoms with Crippen LogP contribution in [0.1, 0.15) is 11.1 Å². The van der Waals surface area contributed by atoms with Gasteiger partial charge in [0.25, 0.3) is 0 Å². The number of anilines is 1. The van der Waals surface area contributed by atoms with Crippen molar-refractivity contribution in [2.75, 3.05) is 5.73 Å². The first kappa shape index (κ1) is 12.9. The van der Waals surface area contributed by atoms with E-state index in [-0.39, 0.29) is 6.61 Å². The van der Waals surface area contributed by atoms with E-state index in [1.807, 2.05) is 24.3 Å². The summed E-state index contributed by atoms with van der Waals surface area (Å²) in [5, 5.41) is 2.65. The highest BCUT2D eigenvalue weighted by Gasteiger charge is 2.02. The molecule has 0 radical (unpaired) electrons. The number of rotatable bonds is 4. The molecule has 1 aromatic heterocycles. The molecule has 0 saturated heterocycles. The third-order valence-electron chi connectivity index (χ3n) is 2.51. The first-order valence-electron chi connectivity index (χ1n) is 5.88. The Balaban J connectivity index is 1.74. The Hall–Kier alpha value is -2.56. The Bertz CT molecular complexity index is 526. The van der Waals surface area contributed by atoms with Gasteiger partial charge >= 0.3 is 6.09 Å². The zero-order chi connectivity index (χ0) is 13.5. The van der Waals surface area contributed by atoms with Gasteiger partial charge in [0.15, 0.2) is 0 Å². The number of hydrogen-bond acceptors (Lipinski definition) is 4. The van der Waals surface area contributed by atoms with E-state index < -0.39 is 6.09 Å². The van der Waals surface area contributed by atoms with Crippen LogP contribution in [0.4, 0.5) is 10.5 Å². The first-order valence-corrected chi connectivity index (χ1v) is 5.88. The predicted octanol–water partition coefficient (Wildman–Crippen LogP) is 2.09. The highest BCUT2D eigenvalue weighted by molar-refractivity contribution is 5.67. The maximum atomic E-state index is 11.5. The van der Waals surface area contributed by atoms with Gasteiger partial charge in [-0.05, 0) is 29.3 Å². The molecule has 5 heteroatoms. The van der Waals surface area contributed by atoms with Crippen LogP contribution < -0.4 is 11.1 Å². The van der Waals surface area contributed by atoms with Crippen LogP contribution in [0, 0.1) is 0 Å². The molecule has 0 aliphatic carbocycles. The van der Waals surface area contributed by atoms with E-state index >= 15 is 0 Å². The van der Waals surface area contributed by atoms with E-state index in [1.54, 1.807) is 24.5 Å². The molecule has 1 aromatic carbocycles. The van der Waals surface area contributed by atoms with Crippen molar-refractivity contribution in [3.05, 3.63) is 59.9 Å². The number of nitrogen functional groups attached to an aromatic ring is 1. The second kappa shape index (κ2) is 6.39. The van der Waals surface area contributed by atoms with Gasteiger partial charge in [-0.15, -0.1) is 0 Å². The van der Waals surface area contributed by atoms with Gasteiger partial charge in [-0.2, -0.15) is 0 Å². The Morgan fingerprint density at radius 2 is 2.00 bits per heavy atom. The van der Waals surface area contributed by atoms with Crippen molar-refractivity contribution in [1.29, 1.82) is 0 Å². The summed E-state index contributed by atoms with van der Waals surface area (Å²) >= 11 is 0. The van der Waals surface area contributed by atoms with Crippen LogP contribution in [0.2, 0.25) is 0 Å². The average molecular weight is 257 g/mol. The van der Waals surface area contributed by atoms with Crippen molar-refractivity contribution in [2.45, 2.75) is 13.2 Å². The van der Waals surface area contributed by atoms with Gasteiger partial charge in [-0.1, -0.05) is 18.2 Å². The summed E-state index contributed by atoms with van der Waals surface area (Å²) in [6.07, 6.45) is 2.92. The van der Waals surface area contributed by atoms with E-state index in [9.17, 15) is 4.79 Å². The van der Waals surface area contributed by atoms with Crippen molar-refractivity contribution >= 4 is 11.8 Å². The van der Waals surface area contributed by atoms with Gasteiger partial charge in [-0.25, -0.2) is 4.79 Å². The number of nitrogens with zero attached hydrogens (tertiary/aromatic N) is 1. The minimum atomic E-state index is -0.458. The number of ether oxygens (including phenoxy) is 1. The fourth-order valence-corrected chi connectivity index (χ4v) is 1.49. The van der Waals surface area contributed by atoms with Gasteiger partial charge in [0.1, 0.15) is 6.61 Å². The molecule has 98 valence electrons. The van der Waals surface area contributed by atoms with Crippen LogP contribution in [0.25, 0.3) is 0 Å². The third-order valence-corrected chi connectivity index (χ3v) is 2.51. The topological polar surface area (TPSA) is 77.2 Å². The molecule has 0 saturated carbocycles. The standard InChI is InChI=1S/C14H15N3O2/c15-13-5-3-11(4-6-13)10-19-14(18)17-9-12-2-1-7-16-8-12/h1-8H,9-10,15H2,(H,17,18). The van der Waals surface area contributed by atoms with Crippen molar-refractivity contribution in [3.8, 4) is 0 Å². The maximum absolute atomic E-state index is 11.5. The molecule has 0 aliphatic heterocycles. The molecule has 0 spiro atoms. The summed E-state index contributed by atoms with van der Waals surface area (Å²) in [4.78, 5) is 15.4. The summed E-state index contributed by atoms with van der Waals surface area (Å²) in [6.45, 7) is 0.619. The molecule has 1 heterocycles. The molecular formula is C14H15N3O2. The summed E-state index contributed by atoms with van der Waals surface area (Å²) in [6, 6.07) is 10.9. The van der Waals surface area contributed by atoms with E-state index in [0.717, 1.165) is 11.1 Å². The molecule has 0 fully saturated rings. The van der Waals surface area contributed by atoms with Crippen LogP contribution in [0.5, 0.6) is 0 Å². The van der Waals surface area contributed by atoms with Crippen LogP contribution in [0.15, 0.2) is 48.8 Å². The fourth-order valence-electron chi connectivity index (χ4n) is 1.49. The highest BCUT2D eigenvalue weighted by atomic mass is 16.5. The molecule has 5 nitrogen and oxygen atoms in total.